The number of halogens is 1. The van der Waals surface area contributed by atoms with Gasteiger partial charge < -0.3 is 19.3 Å². The van der Waals surface area contributed by atoms with E-state index in [1.807, 2.05) is 0 Å². The van der Waals surface area contributed by atoms with Gasteiger partial charge in [0.1, 0.15) is 11.9 Å². The minimum absolute atomic E-state index is 0.481. The summed E-state index contributed by atoms with van der Waals surface area (Å²) < 4.78 is 15.9. The first kappa shape index (κ1) is 15.5. The van der Waals surface area contributed by atoms with Crippen LogP contribution in [0.25, 0.3) is 0 Å². The number of ether oxygens (including phenoxy) is 3. The molecule has 2 aromatic rings. The van der Waals surface area contributed by atoms with Crippen molar-refractivity contribution in [2.75, 3.05) is 21.3 Å². The van der Waals surface area contributed by atoms with Crippen LogP contribution in [-0.2, 0) is 0 Å². The molecule has 0 bridgehead atoms. The van der Waals surface area contributed by atoms with E-state index in [1.54, 1.807) is 50.6 Å². The fourth-order valence-electron chi connectivity index (χ4n) is 2.21. The van der Waals surface area contributed by atoms with Crippen molar-refractivity contribution in [3.8, 4) is 17.2 Å². The van der Waals surface area contributed by atoms with E-state index >= 15 is 0 Å². The Kier molecular flexibility index (Phi) is 4.94. The number of para-hydroxylation sites is 1. The van der Waals surface area contributed by atoms with E-state index in [-0.39, 0.29) is 0 Å². The zero-order chi connectivity index (χ0) is 15.4. The summed E-state index contributed by atoms with van der Waals surface area (Å²) >= 11 is 6.01. The number of hydrogen-bond acceptors (Lipinski definition) is 4. The molecule has 0 aliphatic carbocycles. The van der Waals surface area contributed by atoms with Crippen LogP contribution >= 0.6 is 11.6 Å². The zero-order valence-corrected chi connectivity index (χ0v) is 12.8. The molecule has 0 aliphatic heterocycles. The number of aliphatic hydroxyl groups is 1. The molecular formula is C16H17ClO4. The average molecular weight is 309 g/mol. The van der Waals surface area contributed by atoms with Gasteiger partial charge in [0.25, 0.3) is 0 Å². The lowest BCUT2D eigenvalue weighted by molar-refractivity contribution is 0.208. The third kappa shape index (κ3) is 3.06. The van der Waals surface area contributed by atoms with Crippen molar-refractivity contribution in [2.45, 2.75) is 6.10 Å². The molecule has 0 amide bonds. The van der Waals surface area contributed by atoms with E-state index in [2.05, 4.69) is 0 Å². The molecule has 0 aliphatic rings. The summed E-state index contributed by atoms with van der Waals surface area (Å²) in [6.07, 6.45) is -0.941. The Hall–Kier alpha value is -1.91. The van der Waals surface area contributed by atoms with Gasteiger partial charge in [0, 0.05) is 16.1 Å². The molecule has 112 valence electrons. The highest BCUT2D eigenvalue weighted by molar-refractivity contribution is 6.30. The molecule has 1 N–H and O–H groups in total. The van der Waals surface area contributed by atoms with Gasteiger partial charge in [0.15, 0.2) is 11.5 Å². The largest absolute Gasteiger partial charge is 0.496 e. The SMILES string of the molecule is COc1ccc(Cl)cc1C(O)c1cccc(OC)c1OC. The standard InChI is InChI=1S/C16H17ClO4/c1-19-13-8-7-10(17)9-12(13)15(18)11-5-4-6-14(20-2)16(11)21-3/h4-9,15,18H,1-3H3. The molecule has 0 saturated heterocycles. The molecule has 0 spiro atoms. The van der Waals surface area contributed by atoms with Gasteiger partial charge in [-0.25, -0.2) is 0 Å². The molecule has 21 heavy (non-hydrogen) atoms. The molecule has 2 rings (SSSR count). The maximum Gasteiger partial charge on any atom is 0.166 e. The van der Waals surface area contributed by atoms with Crippen molar-refractivity contribution >= 4 is 11.6 Å². The highest BCUT2D eigenvalue weighted by atomic mass is 35.5. The minimum Gasteiger partial charge on any atom is -0.496 e. The van der Waals surface area contributed by atoms with E-state index in [0.717, 1.165) is 0 Å². The van der Waals surface area contributed by atoms with Gasteiger partial charge in [-0.1, -0.05) is 23.7 Å². The van der Waals surface area contributed by atoms with Crippen molar-refractivity contribution in [3.05, 3.63) is 52.5 Å². The zero-order valence-electron chi connectivity index (χ0n) is 12.1. The fourth-order valence-corrected chi connectivity index (χ4v) is 2.39. The molecule has 4 nitrogen and oxygen atoms in total. The number of benzene rings is 2. The second kappa shape index (κ2) is 6.70. The third-order valence-corrected chi connectivity index (χ3v) is 3.45. The van der Waals surface area contributed by atoms with Crippen molar-refractivity contribution in [1.82, 2.24) is 0 Å². The van der Waals surface area contributed by atoms with Gasteiger partial charge in [-0.2, -0.15) is 0 Å². The van der Waals surface area contributed by atoms with Gasteiger partial charge in [0.05, 0.1) is 21.3 Å². The Bertz CT molecular complexity index is 628. The number of hydrogen-bond donors (Lipinski definition) is 1. The predicted molar refractivity (Wildman–Crippen MR) is 81.6 cm³/mol. The monoisotopic (exact) mass is 308 g/mol. The highest BCUT2D eigenvalue weighted by Crippen LogP contribution is 2.40. The van der Waals surface area contributed by atoms with Gasteiger partial charge in [0.2, 0.25) is 0 Å². The Morgan fingerprint density at radius 3 is 2.24 bits per heavy atom. The molecule has 5 heteroatoms. The molecule has 0 fully saturated rings. The van der Waals surface area contributed by atoms with E-state index in [4.69, 9.17) is 25.8 Å². The number of rotatable bonds is 5. The topological polar surface area (TPSA) is 47.9 Å². The molecule has 0 aromatic heterocycles. The molecule has 1 unspecified atom stereocenters. The molecular weight excluding hydrogens is 292 g/mol. The highest BCUT2D eigenvalue weighted by Gasteiger charge is 2.21. The van der Waals surface area contributed by atoms with Crippen LogP contribution in [-0.4, -0.2) is 26.4 Å². The fraction of sp³-hybridized carbons (Fsp3) is 0.250. The van der Waals surface area contributed by atoms with Crippen LogP contribution in [0.1, 0.15) is 17.2 Å². The van der Waals surface area contributed by atoms with Gasteiger partial charge in [-0.05, 0) is 24.3 Å². The van der Waals surface area contributed by atoms with Crippen LogP contribution in [0.3, 0.4) is 0 Å². The van der Waals surface area contributed by atoms with Crippen LogP contribution < -0.4 is 14.2 Å². The van der Waals surface area contributed by atoms with Crippen LogP contribution in [0.2, 0.25) is 5.02 Å². The number of methoxy groups -OCH3 is 3. The van der Waals surface area contributed by atoms with Crippen LogP contribution in [0, 0.1) is 0 Å². The second-order valence-corrected chi connectivity index (χ2v) is 4.81. The summed E-state index contributed by atoms with van der Waals surface area (Å²) in [5, 5.41) is 11.2. The van der Waals surface area contributed by atoms with E-state index in [1.165, 1.54) is 7.11 Å². The Balaban J connectivity index is 2.54. The van der Waals surface area contributed by atoms with E-state index in [0.29, 0.717) is 33.4 Å². The summed E-state index contributed by atoms with van der Waals surface area (Å²) in [6.45, 7) is 0. The van der Waals surface area contributed by atoms with Crippen LogP contribution in [0.15, 0.2) is 36.4 Å². The van der Waals surface area contributed by atoms with Crippen LogP contribution in [0.5, 0.6) is 17.2 Å². The van der Waals surface area contributed by atoms with Crippen LogP contribution in [0.4, 0.5) is 0 Å². The maximum atomic E-state index is 10.7. The first-order valence-corrected chi connectivity index (χ1v) is 6.72. The van der Waals surface area contributed by atoms with Crippen molar-refractivity contribution in [2.24, 2.45) is 0 Å². The summed E-state index contributed by atoms with van der Waals surface area (Å²) in [6, 6.07) is 10.4. The summed E-state index contributed by atoms with van der Waals surface area (Å²) in [5.74, 6) is 1.58. The second-order valence-electron chi connectivity index (χ2n) is 4.37. The van der Waals surface area contributed by atoms with Crippen molar-refractivity contribution in [3.63, 3.8) is 0 Å². The van der Waals surface area contributed by atoms with E-state index < -0.39 is 6.10 Å². The first-order valence-electron chi connectivity index (χ1n) is 6.34. The Labute approximate surface area is 128 Å². The van der Waals surface area contributed by atoms with E-state index in [9.17, 15) is 5.11 Å². The van der Waals surface area contributed by atoms with Crippen molar-refractivity contribution in [1.29, 1.82) is 0 Å². The molecule has 2 aromatic carbocycles. The molecule has 0 heterocycles. The minimum atomic E-state index is -0.941. The lowest BCUT2D eigenvalue weighted by Gasteiger charge is -2.19. The first-order chi connectivity index (χ1) is 10.1. The number of aliphatic hydroxyl groups excluding tert-OH is 1. The summed E-state index contributed by atoms with van der Waals surface area (Å²) in [5.41, 5.74) is 1.15. The molecule has 0 radical (unpaired) electrons. The predicted octanol–water partition coefficient (Wildman–Crippen LogP) is 3.45. The lowest BCUT2D eigenvalue weighted by atomic mass is 9.99. The van der Waals surface area contributed by atoms with Gasteiger partial charge >= 0.3 is 0 Å². The molecule has 1 atom stereocenters. The molecule has 0 saturated carbocycles. The van der Waals surface area contributed by atoms with Gasteiger partial charge in [-0.15, -0.1) is 0 Å². The average Bonchev–Trinajstić information content (AvgIpc) is 2.53. The smallest absolute Gasteiger partial charge is 0.166 e. The van der Waals surface area contributed by atoms with Gasteiger partial charge in [-0.3, -0.25) is 0 Å². The normalized spacial score (nSPS) is 11.9. The summed E-state index contributed by atoms with van der Waals surface area (Å²) in [4.78, 5) is 0. The summed E-state index contributed by atoms with van der Waals surface area (Å²) in [7, 11) is 4.62. The third-order valence-electron chi connectivity index (χ3n) is 3.21. The quantitative estimate of drug-likeness (QED) is 0.919. The van der Waals surface area contributed by atoms with Crippen molar-refractivity contribution < 1.29 is 19.3 Å². The Morgan fingerprint density at radius 1 is 0.905 bits per heavy atom. The maximum absolute atomic E-state index is 10.7. The lowest BCUT2D eigenvalue weighted by Crippen LogP contribution is -2.05. The Morgan fingerprint density at radius 2 is 1.62 bits per heavy atom.